The molecule has 0 radical (unpaired) electrons. The van der Waals surface area contributed by atoms with Gasteiger partial charge in [-0.2, -0.15) is 0 Å². The summed E-state index contributed by atoms with van der Waals surface area (Å²) in [5.41, 5.74) is -0.144. The van der Waals surface area contributed by atoms with Gasteiger partial charge in [-0.1, -0.05) is 30.3 Å². The van der Waals surface area contributed by atoms with Crippen molar-refractivity contribution in [3.63, 3.8) is 0 Å². The van der Waals surface area contributed by atoms with Gasteiger partial charge in [0.05, 0.1) is 0 Å². The lowest BCUT2D eigenvalue weighted by Crippen LogP contribution is -2.58. The van der Waals surface area contributed by atoms with Gasteiger partial charge in [-0.15, -0.1) is 0 Å². The van der Waals surface area contributed by atoms with Crippen LogP contribution in [0.3, 0.4) is 0 Å². The maximum atomic E-state index is 12.2. The molecule has 1 aliphatic rings. The topological polar surface area (TPSA) is 109 Å². The molecular formula is C20H28N4O4. The van der Waals surface area contributed by atoms with Crippen LogP contribution in [0.2, 0.25) is 0 Å². The number of rotatable bonds is 7. The van der Waals surface area contributed by atoms with Crippen LogP contribution in [-0.2, 0) is 20.9 Å². The number of carbonyl (C=O) groups excluding carboxylic acids is 3. The molecule has 3 amide bonds. The van der Waals surface area contributed by atoms with Gasteiger partial charge < -0.3 is 26.0 Å². The van der Waals surface area contributed by atoms with Gasteiger partial charge in [0.25, 0.3) is 5.91 Å². The lowest BCUT2D eigenvalue weighted by molar-refractivity contribution is -0.125. The van der Waals surface area contributed by atoms with Gasteiger partial charge >= 0.3 is 6.09 Å². The second-order valence-corrected chi connectivity index (χ2v) is 7.90. The molecule has 0 aliphatic carbocycles. The van der Waals surface area contributed by atoms with Crippen molar-refractivity contribution < 1.29 is 19.1 Å². The zero-order valence-corrected chi connectivity index (χ0v) is 16.7. The number of hydrogen-bond acceptors (Lipinski definition) is 5. The number of amides is 3. The first-order chi connectivity index (χ1) is 13.1. The maximum Gasteiger partial charge on any atom is 0.407 e. The van der Waals surface area contributed by atoms with E-state index >= 15 is 0 Å². The lowest BCUT2D eigenvalue weighted by atomic mass is 9.98. The molecule has 0 unspecified atom stereocenters. The first-order valence-corrected chi connectivity index (χ1v) is 9.15. The molecule has 0 saturated carbocycles. The predicted molar refractivity (Wildman–Crippen MR) is 105 cm³/mol. The van der Waals surface area contributed by atoms with Gasteiger partial charge in [-0.3, -0.25) is 9.59 Å². The zero-order chi connectivity index (χ0) is 20.8. The molecule has 1 aliphatic heterocycles. The zero-order valence-electron chi connectivity index (χ0n) is 16.7. The Bertz CT molecular complexity index is 757. The fraction of sp³-hybridized carbons (Fsp3) is 0.450. The summed E-state index contributed by atoms with van der Waals surface area (Å²) in [6.45, 7) is 7.41. The Morgan fingerprint density at radius 3 is 2.50 bits per heavy atom. The molecule has 1 aromatic carbocycles. The van der Waals surface area contributed by atoms with E-state index in [1.807, 2.05) is 44.2 Å². The molecule has 2 rings (SSSR count). The molecule has 8 nitrogen and oxygen atoms in total. The molecule has 0 atom stereocenters. The summed E-state index contributed by atoms with van der Waals surface area (Å²) in [5, 5.41) is 11.1. The van der Waals surface area contributed by atoms with Crippen molar-refractivity contribution in [2.24, 2.45) is 0 Å². The van der Waals surface area contributed by atoms with Crippen LogP contribution in [0, 0.1) is 0 Å². The van der Waals surface area contributed by atoms with E-state index in [4.69, 9.17) is 4.74 Å². The molecule has 152 valence electrons. The van der Waals surface area contributed by atoms with Crippen LogP contribution >= 0.6 is 0 Å². The molecule has 8 heteroatoms. The Morgan fingerprint density at radius 1 is 1.18 bits per heavy atom. The minimum Gasteiger partial charge on any atom is -0.445 e. The highest BCUT2D eigenvalue weighted by atomic mass is 16.5. The Hall–Kier alpha value is -3.03. The van der Waals surface area contributed by atoms with Crippen LogP contribution in [0.5, 0.6) is 0 Å². The minimum absolute atomic E-state index is 0.139. The van der Waals surface area contributed by atoms with E-state index in [1.54, 1.807) is 13.8 Å². The van der Waals surface area contributed by atoms with Gasteiger partial charge in [-0.05, 0) is 39.7 Å². The van der Waals surface area contributed by atoms with E-state index < -0.39 is 17.3 Å². The molecule has 1 heterocycles. The third-order valence-corrected chi connectivity index (χ3v) is 4.15. The highest BCUT2D eigenvalue weighted by Crippen LogP contribution is 2.13. The molecule has 1 aromatic rings. The largest absolute Gasteiger partial charge is 0.445 e. The summed E-state index contributed by atoms with van der Waals surface area (Å²) in [4.78, 5) is 36.1. The Balaban J connectivity index is 1.75. The Morgan fingerprint density at radius 2 is 1.86 bits per heavy atom. The quantitative estimate of drug-likeness (QED) is 0.570. The summed E-state index contributed by atoms with van der Waals surface area (Å²) >= 11 is 0. The monoisotopic (exact) mass is 388 g/mol. The van der Waals surface area contributed by atoms with Crippen molar-refractivity contribution in [3.8, 4) is 0 Å². The first-order valence-electron chi connectivity index (χ1n) is 9.15. The molecule has 0 bridgehead atoms. The van der Waals surface area contributed by atoms with E-state index in [2.05, 4.69) is 21.3 Å². The maximum absolute atomic E-state index is 12.2. The number of alkyl carbamates (subject to hydrolysis) is 1. The van der Waals surface area contributed by atoms with E-state index in [-0.39, 0.29) is 30.5 Å². The summed E-state index contributed by atoms with van der Waals surface area (Å²) in [6, 6.07) is 9.38. The van der Waals surface area contributed by atoms with Gasteiger partial charge in [0.1, 0.15) is 18.0 Å². The van der Waals surface area contributed by atoms with E-state index in [1.165, 1.54) is 6.20 Å². The van der Waals surface area contributed by atoms with Gasteiger partial charge in [0.2, 0.25) is 5.91 Å². The summed E-state index contributed by atoms with van der Waals surface area (Å²) in [5.74, 6) is -0.658. The van der Waals surface area contributed by atoms with Crippen molar-refractivity contribution in [3.05, 3.63) is 47.8 Å². The average molecular weight is 388 g/mol. The minimum atomic E-state index is -0.644. The number of hydrogen-bond donors (Lipinski definition) is 4. The fourth-order valence-corrected chi connectivity index (χ4v) is 2.53. The van der Waals surface area contributed by atoms with Crippen molar-refractivity contribution in [1.29, 1.82) is 0 Å². The van der Waals surface area contributed by atoms with Crippen LogP contribution in [0.25, 0.3) is 0 Å². The smallest absolute Gasteiger partial charge is 0.407 e. The van der Waals surface area contributed by atoms with Gasteiger partial charge in [0.15, 0.2) is 0 Å². The number of ether oxygens (including phenoxy) is 1. The molecule has 0 aromatic heterocycles. The second-order valence-electron chi connectivity index (χ2n) is 7.90. The van der Waals surface area contributed by atoms with Crippen molar-refractivity contribution in [2.75, 3.05) is 0 Å². The number of nitrogens with one attached hydrogen (secondary N) is 4. The van der Waals surface area contributed by atoms with Crippen molar-refractivity contribution in [2.45, 2.75) is 58.3 Å². The lowest BCUT2D eigenvalue weighted by Gasteiger charge is -2.32. The average Bonchev–Trinajstić information content (AvgIpc) is 2.61. The van der Waals surface area contributed by atoms with Crippen LogP contribution in [-0.4, -0.2) is 29.1 Å². The first kappa shape index (κ1) is 21.3. The molecule has 0 fully saturated rings. The summed E-state index contributed by atoms with van der Waals surface area (Å²) in [6.07, 6.45) is 1.46. The van der Waals surface area contributed by atoms with Crippen LogP contribution in [0.4, 0.5) is 4.79 Å². The third-order valence-electron chi connectivity index (χ3n) is 4.15. The molecule has 0 spiro atoms. The van der Waals surface area contributed by atoms with E-state index in [9.17, 15) is 14.4 Å². The molecular weight excluding hydrogens is 360 g/mol. The predicted octanol–water partition coefficient (Wildman–Crippen LogP) is 1.88. The van der Waals surface area contributed by atoms with E-state index in [0.717, 1.165) is 5.56 Å². The van der Waals surface area contributed by atoms with Crippen molar-refractivity contribution in [1.82, 2.24) is 21.3 Å². The molecule has 28 heavy (non-hydrogen) atoms. The summed E-state index contributed by atoms with van der Waals surface area (Å²) < 4.78 is 5.20. The van der Waals surface area contributed by atoms with Crippen LogP contribution in [0.1, 0.15) is 46.1 Å². The van der Waals surface area contributed by atoms with Gasteiger partial charge in [0, 0.05) is 18.2 Å². The standard InChI is InChI=1S/C20H28N4O4/c1-19(2,24-18(27)28-13-14-8-6-5-7-9-14)11-10-16(25)22-15-12-21-20(3,4)23-17(15)26/h5-9,12,21H,10-11,13H2,1-4H3,(H,22,25)(H,23,26)(H,24,27). The second kappa shape index (κ2) is 8.77. The highest BCUT2D eigenvalue weighted by molar-refractivity contribution is 5.98. The SMILES string of the molecule is CC(C)(CCC(=O)NC1=CNC(C)(C)NC1=O)NC(=O)OCc1ccccc1. The number of benzene rings is 1. The Labute approximate surface area is 165 Å². The fourth-order valence-electron chi connectivity index (χ4n) is 2.53. The van der Waals surface area contributed by atoms with E-state index in [0.29, 0.717) is 6.42 Å². The molecule has 4 N–H and O–H groups in total. The summed E-state index contributed by atoms with van der Waals surface area (Å²) in [7, 11) is 0. The van der Waals surface area contributed by atoms with Crippen LogP contribution < -0.4 is 21.3 Å². The third kappa shape index (κ3) is 6.94. The normalized spacial score (nSPS) is 15.6. The van der Waals surface area contributed by atoms with Crippen molar-refractivity contribution >= 4 is 17.9 Å². The molecule has 0 saturated heterocycles. The highest BCUT2D eigenvalue weighted by Gasteiger charge is 2.28. The Kier molecular flexibility index (Phi) is 6.66. The van der Waals surface area contributed by atoms with Crippen LogP contribution in [0.15, 0.2) is 42.2 Å². The number of carbonyl (C=O) groups is 3. The van der Waals surface area contributed by atoms with Gasteiger partial charge in [-0.25, -0.2) is 4.79 Å².